The van der Waals surface area contributed by atoms with E-state index in [1.54, 1.807) is 0 Å². The zero-order chi connectivity index (χ0) is 12.7. The molecular formula is C14H24N2O2. The van der Waals surface area contributed by atoms with Crippen molar-refractivity contribution in [2.24, 2.45) is 5.92 Å². The molecule has 4 atom stereocenters. The van der Waals surface area contributed by atoms with Crippen LogP contribution in [0.25, 0.3) is 0 Å². The summed E-state index contributed by atoms with van der Waals surface area (Å²) in [6.45, 7) is 3.19. The van der Waals surface area contributed by atoms with Crippen molar-refractivity contribution in [1.29, 1.82) is 0 Å². The smallest absolute Gasteiger partial charge is 0.240 e. The van der Waals surface area contributed by atoms with Crippen molar-refractivity contribution in [2.45, 2.75) is 69.7 Å². The van der Waals surface area contributed by atoms with E-state index in [-0.39, 0.29) is 12.1 Å². The fraction of sp³-hybridized carbons (Fsp3) is 0.929. The molecule has 3 fully saturated rings. The molecule has 3 saturated heterocycles. The summed E-state index contributed by atoms with van der Waals surface area (Å²) >= 11 is 0. The van der Waals surface area contributed by atoms with E-state index in [0.717, 1.165) is 38.6 Å². The molecule has 0 aromatic heterocycles. The maximum Gasteiger partial charge on any atom is 0.240 e. The van der Waals surface area contributed by atoms with Gasteiger partial charge in [0.1, 0.15) is 0 Å². The molecule has 0 aliphatic carbocycles. The van der Waals surface area contributed by atoms with Crippen LogP contribution in [0.15, 0.2) is 0 Å². The molecule has 3 rings (SSSR count). The minimum absolute atomic E-state index is 0.0205. The number of carbonyl (C=O) groups is 1. The number of amides is 1. The van der Waals surface area contributed by atoms with Gasteiger partial charge in [-0.05, 0) is 51.0 Å². The first kappa shape index (κ1) is 12.4. The molecule has 0 spiro atoms. The third-order valence-electron chi connectivity index (χ3n) is 4.93. The predicted molar refractivity (Wildman–Crippen MR) is 69.1 cm³/mol. The van der Waals surface area contributed by atoms with Crippen molar-refractivity contribution in [2.75, 3.05) is 6.54 Å². The van der Waals surface area contributed by atoms with Crippen molar-refractivity contribution in [3.8, 4) is 0 Å². The van der Waals surface area contributed by atoms with Crippen molar-refractivity contribution < 1.29 is 9.90 Å². The maximum absolute atomic E-state index is 12.6. The molecular weight excluding hydrogens is 228 g/mol. The van der Waals surface area contributed by atoms with Gasteiger partial charge in [0.05, 0.1) is 12.1 Å². The van der Waals surface area contributed by atoms with Crippen LogP contribution in [-0.4, -0.2) is 46.7 Å². The Labute approximate surface area is 109 Å². The number of nitrogens with one attached hydrogen (secondary N) is 1. The molecule has 0 saturated carbocycles. The van der Waals surface area contributed by atoms with E-state index in [0.29, 0.717) is 23.9 Å². The topological polar surface area (TPSA) is 52.6 Å². The van der Waals surface area contributed by atoms with Crippen LogP contribution in [0.3, 0.4) is 0 Å². The van der Waals surface area contributed by atoms with Crippen LogP contribution in [0.4, 0.5) is 0 Å². The van der Waals surface area contributed by atoms with E-state index in [1.165, 1.54) is 6.42 Å². The van der Waals surface area contributed by atoms with Crippen LogP contribution < -0.4 is 5.32 Å². The lowest BCUT2D eigenvalue weighted by Crippen LogP contribution is -2.56. The lowest BCUT2D eigenvalue weighted by Gasteiger charge is -2.40. The number of rotatable bonds is 1. The number of hydrogen-bond acceptors (Lipinski definition) is 3. The van der Waals surface area contributed by atoms with Gasteiger partial charge in [0.2, 0.25) is 5.91 Å². The summed E-state index contributed by atoms with van der Waals surface area (Å²) in [6, 6.07) is 0.614. The fourth-order valence-corrected chi connectivity index (χ4v) is 3.98. The molecule has 102 valence electrons. The zero-order valence-corrected chi connectivity index (χ0v) is 11.1. The Balaban J connectivity index is 1.69. The van der Waals surface area contributed by atoms with E-state index in [4.69, 9.17) is 0 Å². The quantitative estimate of drug-likeness (QED) is 0.728. The summed E-state index contributed by atoms with van der Waals surface area (Å²) in [7, 11) is 0. The average Bonchev–Trinajstić information content (AvgIpc) is 2.61. The van der Waals surface area contributed by atoms with Gasteiger partial charge in [0.25, 0.3) is 0 Å². The number of nitrogens with zero attached hydrogens (tertiary/aromatic N) is 1. The number of piperidine rings is 2. The molecule has 0 aromatic carbocycles. The van der Waals surface area contributed by atoms with Gasteiger partial charge in [-0.2, -0.15) is 0 Å². The van der Waals surface area contributed by atoms with Crippen LogP contribution in [-0.2, 0) is 4.79 Å². The Morgan fingerprint density at radius 1 is 1.17 bits per heavy atom. The van der Waals surface area contributed by atoms with Gasteiger partial charge >= 0.3 is 0 Å². The molecule has 2 N–H and O–H groups in total. The second-order valence-corrected chi connectivity index (χ2v) is 6.39. The summed E-state index contributed by atoms with van der Waals surface area (Å²) in [6.07, 6.45) is 5.68. The van der Waals surface area contributed by atoms with Crippen molar-refractivity contribution in [3.63, 3.8) is 0 Å². The molecule has 0 aromatic rings. The van der Waals surface area contributed by atoms with Crippen molar-refractivity contribution in [3.05, 3.63) is 0 Å². The number of carbonyl (C=O) groups excluding carboxylic acids is 1. The van der Waals surface area contributed by atoms with E-state index >= 15 is 0 Å². The molecule has 18 heavy (non-hydrogen) atoms. The number of aliphatic hydroxyl groups excluding tert-OH is 1. The molecule has 2 bridgehead atoms. The molecule has 3 aliphatic heterocycles. The molecule has 4 heteroatoms. The highest BCUT2D eigenvalue weighted by Gasteiger charge is 2.44. The standard InChI is InChI=1S/C14H24N2O2/c1-9-4-5-15-13(6-9)14(18)16-10-2-3-11(16)8-12(17)7-10/h9-13,15,17H,2-8H2,1H3. The van der Waals surface area contributed by atoms with E-state index in [2.05, 4.69) is 17.1 Å². The summed E-state index contributed by atoms with van der Waals surface area (Å²) in [5.41, 5.74) is 0. The molecule has 4 nitrogen and oxygen atoms in total. The molecule has 3 heterocycles. The highest BCUT2D eigenvalue weighted by Crippen LogP contribution is 2.36. The van der Waals surface area contributed by atoms with Crippen LogP contribution in [0.2, 0.25) is 0 Å². The Morgan fingerprint density at radius 3 is 2.44 bits per heavy atom. The van der Waals surface area contributed by atoms with Crippen LogP contribution in [0, 0.1) is 5.92 Å². The lowest BCUT2D eigenvalue weighted by molar-refractivity contribution is -0.140. The summed E-state index contributed by atoms with van der Waals surface area (Å²) < 4.78 is 0. The third-order valence-corrected chi connectivity index (χ3v) is 4.93. The van der Waals surface area contributed by atoms with E-state index in [9.17, 15) is 9.90 Å². The molecule has 0 radical (unpaired) electrons. The largest absolute Gasteiger partial charge is 0.393 e. The maximum atomic E-state index is 12.6. The number of fused-ring (bicyclic) bond motifs is 2. The number of hydrogen-bond donors (Lipinski definition) is 2. The van der Waals surface area contributed by atoms with Gasteiger partial charge in [-0.1, -0.05) is 6.92 Å². The lowest BCUT2D eigenvalue weighted by atomic mass is 9.92. The predicted octanol–water partition coefficient (Wildman–Crippen LogP) is 0.889. The van der Waals surface area contributed by atoms with Gasteiger partial charge < -0.3 is 15.3 Å². The number of aliphatic hydroxyl groups is 1. The summed E-state index contributed by atoms with van der Waals surface area (Å²) in [5, 5.41) is 13.2. The van der Waals surface area contributed by atoms with Gasteiger partial charge in [0.15, 0.2) is 0 Å². The fourth-order valence-electron chi connectivity index (χ4n) is 3.98. The Hall–Kier alpha value is -0.610. The van der Waals surface area contributed by atoms with Gasteiger partial charge in [-0.25, -0.2) is 0 Å². The third kappa shape index (κ3) is 2.16. The van der Waals surface area contributed by atoms with Crippen LogP contribution in [0.5, 0.6) is 0 Å². The van der Waals surface area contributed by atoms with Gasteiger partial charge in [0, 0.05) is 12.1 Å². The van der Waals surface area contributed by atoms with E-state index < -0.39 is 0 Å². The van der Waals surface area contributed by atoms with Crippen molar-refractivity contribution in [1.82, 2.24) is 10.2 Å². The minimum atomic E-state index is -0.190. The first-order chi connectivity index (χ1) is 8.65. The molecule has 1 amide bonds. The normalized spacial score (nSPS) is 44.1. The Morgan fingerprint density at radius 2 is 1.83 bits per heavy atom. The highest BCUT2D eigenvalue weighted by atomic mass is 16.3. The second-order valence-electron chi connectivity index (χ2n) is 6.39. The zero-order valence-electron chi connectivity index (χ0n) is 11.1. The Kier molecular flexibility index (Phi) is 3.32. The molecule has 3 aliphatic rings. The summed E-state index contributed by atoms with van der Waals surface area (Å²) in [4.78, 5) is 14.7. The minimum Gasteiger partial charge on any atom is -0.393 e. The van der Waals surface area contributed by atoms with Gasteiger partial charge in [-0.3, -0.25) is 4.79 Å². The highest BCUT2D eigenvalue weighted by molar-refractivity contribution is 5.83. The second kappa shape index (κ2) is 4.82. The van der Waals surface area contributed by atoms with Crippen LogP contribution in [0.1, 0.15) is 45.4 Å². The van der Waals surface area contributed by atoms with Crippen molar-refractivity contribution >= 4 is 5.91 Å². The van der Waals surface area contributed by atoms with Gasteiger partial charge in [-0.15, -0.1) is 0 Å². The monoisotopic (exact) mass is 252 g/mol. The summed E-state index contributed by atoms with van der Waals surface area (Å²) in [5.74, 6) is 0.939. The Bertz CT molecular complexity index is 320. The first-order valence-corrected chi connectivity index (χ1v) is 7.38. The van der Waals surface area contributed by atoms with Crippen LogP contribution >= 0.6 is 0 Å². The molecule has 4 unspecified atom stereocenters. The SMILES string of the molecule is CC1CCNC(C(=O)N2C3CCC2CC(O)C3)C1. The van der Waals surface area contributed by atoms with E-state index in [1.807, 2.05) is 0 Å². The average molecular weight is 252 g/mol. The first-order valence-electron chi connectivity index (χ1n) is 7.38.